The molecule has 0 unspecified atom stereocenters. The van der Waals surface area contributed by atoms with E-state index in [9.17, 15) is 0 Å². The molecule has 0 atom stereocenters. The predicted octanol–water partition coefficient (Wildman–Crippen LogP) is 4.61. The first kappa shape index (κ1) is 17.1. The highest BCUT2D eigenvalue weighted by molar-refractivity contribution is 5.86. The zero-order valence-corrected chi connectivity index (χ0v) is 15.1. The van der Waals surface area contributed by atoms with E-state index in [-0.39, 0.29) is 0 Å². The van der Waals surface area contributed by atoms with Crippen molar-refractivity contribution in [2.45, 2.75) is 66.7 Å². The van der Waals surface area contributed by atoms with Gasteiger partial charge in [-0.25, -0.2) is 0 Å². The molecule has 0 fully saturated rings. The van der Waals surface area contributed by atoms with E-state index in [0.29, 0.717) is 5.41 Å². The summed E-state index contributed by atoms with van der Waals surface area (Å²) in [6.45, 7) is 13.4. The minimum Gasteiger partial charge on any atom is -0.372 e. The fourth-order valence-electron chi connectivity index (χ4n) is 3.22. The maximum absolute atomic E-state index is 4.52. The van der Waals surface area contributed by atoms with Crippen molar-refractivity contribution in [3.05, 3.63) is 34.4 Å². The minimum absolute atomic E-state index is 0.463. The first-order chi connectivity index (χ1) is 10.3. The van der Waals surface area contributed by atoms with Gasteiger partial charge in [0.2, 0.25) is 0 Å². The first-order valence-corrected chi connectivity index (χ1v) is 8.71. The lowest BCUT2D eigenvalue weighted by Crippen LogP contribution is -2.21. The van der Waals surface area contributed by atoms with Crippen LogP contribution in [-0.4, -0.2) is 18.9 Å². The van der Waals surface area contributed by atoms with Crippen molar-refractivity contribution in [3.63, 3.8) is 0 Å². The molecule has 1 aliphatic heterocycles. The topological polar surface area (TPSA) is 24.4 Å². The summed E-state index contributed by atoms with van der Waals surface area (Å²) < 4.78 is 0. The van der Waals surface area contributed by atoms with Gasteiger partial charge in [0.15, 0.2) is 0 Å². The summed E-state index contributed by atoms with van der Waals surface area (Å²) >= 11 is 0. The quantitative estimate of drug-likeness (QED) is 0.762. The molecule has 1 N–H and O–H groups in total. The van der Waals surface area contributed by atoms with Crippen LogP contribution in [0.25, 0.3) is 0 Å². The van der Waals surface area contributed by atoms with E-state index in [1.807, 2.05) is 0 Å². The number of aliphatic imine (C=N–C) groups is 1. The van der Waals surface area contributed by atoms with Crippen LogP contribution < -0.4 is 5.32 Å². The second-order valence-corrected chi connectivity index (χ2v) is 7.91. The molecule has 0 aliphatic carbocycles. The Balaban J connectivity index is 1.94. The highest BCUT2D eigenvalue weighted by atomic mass is 15.1. The second kappa shape index (κ2) is 7.30. The van der Waals surface area contributed by atoms with Crippen LogP contribution in [0.2, 0.25) is 0 Å². The van der Waals surface area contributed by atoms with Gasteiger partial charge in [-0.3, -0.25) is 4.99 Å². The summed E-state index contributed by atoms with van der Waals surface area (Å²) in [6.07, 6.45) is 6.10. The van der Waals surface area contributed by atoms with Gasteiger partial charge >= 0.3 is 0 Å². The lowest BCUT2D eigenvalue weighted by Gasteiger charge is -2.18. The Morgan fingerprint density at radius 1 is 1.09 bits per heavy atom. The van der Waals surface area contributed by atoms with Crippen molar-refractivity contribution in [1.29, 1.82) is 0 Å². The highest BCUT2D eigenvalue weighted by Gasteiger charge is 2.12. The third-order valence-corrected chi connectivity index (χ3v) is 4.49. The van der Waals surface area contributed by atoms with Crippen molar-refractivity contribution in [3.8, 4) is 0 Å². The van der Waals surface area contributed by atoms with E-state index < -0.39 is 0 Å². The van der Waals surface area contributed by atoms with Gasteiger partial charge in [0.25, 0.3) is 0 Å². The minimum atomic E-state index is 0.463. The third kappa shape index (κ3) is 5.15. The maximum atomic E-state index is 4.52. The van der Waals surface area contributed by atoms with Crippen LogP contribution in [-0.2, 0) is 12.8 Å². The van der Waals surface area contributed by atoms with Gasteiger partial charge in [0, 0.05) is 13.0 Å². The summed E-state index contributed by atoms with van der Waals surface area (Å²) in [4.78, 5) is 4.52. The SMILES string of the molecule is Cc1cc(CCCCC(C)(C)C)cc(C)c1CC1=NCCN1. The largest absolute Gasteiger partial charge is 0.372 e. The molecule has 2 nitrogen and oxygen atoms in total. The second-order valence-electron chi connectivity index (χ2n) is 7.91. The van der Waals surface area contributed by atoms with Gasteiger partial charge in [-0.2, -0.15) is 0 Å². The molecule has 1 aromatic rings. The molecule has 0 amide bonds. The number of nitrogens with one attached hydrogen (secondary N) is 1. The molecule has 0 saturated carbocycles. The number of hydrogen-bond acceptors (Lipinski definition) is 2. The van der Waals surface area contributed by atoms with Crippen molar-refractivity contribution >= 4 is 5.84 Å². The van der Waals surface area contributed by atoms with Crippen LogP contribution in [0, 0.1) is 19.3 Å². The van der Waals surface area contributed by atoms with Crippen molar-refractivity contribution in [2.24, 2.45) is 10.4 Å². The van der Waals surface area contributed by atoms with Gasteiger partial charge in [0.05, 0.1) is 6.54 Å². The normalized spacial score (nSPS) is 14.9. The van der Waals surface area contributed by atoms with Gasteiger partial charge in [-0.1, -0.05) is 39.3 Å². The van der Waals surface area contributed by atoms with Crippen LogP contribution in [0.5, 0.6) is 0 Å². The molecule has 0 bridgehead atoms. The number of hydrogen-bond donors (Lipinski definition) is 1. The fraction of sp³-hybridized carbons (Fsp3) is 0.650. The Labute approximate surface area is 136 Å². The summed E-state index contributed by atoms with van der Waals surface area (Å²) in [5.41, 5.74) is 6.25. The molecular formula is C20H32N2. The molecule has 2 rings (SSSR count). The van der Waals surface area contributed by atoms with Gasteiger partial charge in [0.1, 0.15) is 5.84 Å². The average molecular weight is 300 g/mol. The number of amidine groups is 1. The van der Waals surface area contributed by atoms with Gasteiger partial charge in [-0.05, 0) is 60.8 Å². The van der Waals surface area contributed by atoms with E-state index in [1.54, 1.807) is 0 Å². The molecule has 1 aliphatic rings. The average Bonchev–Trinajstić information content (AvgIpc) is 2.91. The van der Waals surface area contributed by atoms with Crippen LogP contribution in [0.3, 0.4) is 0 Å². The summed E-state index contributed by atoms with van der Waals surface area (Å²) in [6, 6.07) is 4.77. The van der Waals surface area contributed by atoms with E-state index >= 15 is 0 Å². The summed E-state index contributed by atoms with van der Waals surface area (Å²) in [5, 5.41) is 3.38. The lowest BCUT2D eigenvalue weighted by molar-refractivity contribution is 0.360. The van der Waals surface area contributed by atoms with Gasteiger partial charge in [-0.15, -0.1) is 0 Å². The Hall–Kier alpha value is -1.31. The fourth-order valence-corrected chi connectivity index (χ4v) is 3.22. The van der Waals surface area contributed by atoms with E-state index in [1.165, 1.54) is 47.9 Å². The van der Waals surface area contributed by atoms with E-state index in [0.717, 1.165) is 25.3 Å². The monoisotopic (exact) mass is 300 g/mol. The van der Waals surface area contributed by atoms with Crippen molar-refractivity contribution < 1.29 is 0 Å². The zero-order chi connectivity index (χ0) is 16.2. The molecule has 0 radical (unpaired) electrons. The smallest absolute Gasteiger partial charge is 0.101 e. The Bertz CT molecular complexity index is 512. The van der Waals surface area contributed by atoms with Crippen LogP contribution in [0.15, 0.2) is 17.1 Å². The molecule has 122 valence electrons. The van der Waals surface area contributed by atoms with Crippen LogP contribution >= 0.6 is 0 Å². The van der Waals surface area contributed by atoms with Crippen molar-refractivity contribution in [1.82, 2.24) is 5.32 Å². The van der Waals surface area contributed by atoms with Crippen molar-refractivity contribution in [2.75, 3.05) is 13.1 Å². The predicted molar refractivity (Wildman–Crippen MR) is 96.9 cm³/mol. The van der Waals surface area contributed by atoms with E-state index in [2.05, 4.69) is 57.1 Å². The number of rotatable bonds is 6. The highest BCUT2D eigenvalue weighted by Crippen LogP contribution is 2.23. The number of unbranched alkanes of at least 4 members (excludes halogenated alkanes) is 1. The zero-order valence-electron chi connectivity index (χ0n) is 15.1. The molecular weight excluding hydrogens is 268 g/mol. The van der Waals surface area contributed by atoms with Crippen LogP contribution in [0.1, 0.15) is 62.3 Å². The van der Waals surface area contributed by atoms with Gasteiger partial charge < -0.3 is 5.32 Å². The first-order valence-electron chi connectivity index (χ1n) is 8.71. The molecule has 0 saturated heterocycles. The number of benzene rings is 1. The third-order valence-electron chi connectivity index (χ3n) is 4.49. The Morgan fingerprint density at radius 2 is 1.77 bits per heavy atom. The molecule has 0 spiro atoms. The summed E-state index contributed by atoms with van der Waals surface area (Å²) in [5.74, 6) is 1.16. The molecule has 22 heavy (non-hydrogen) atoms. The molecule has 2 heteroatoms. The number of aryl methyl sites for hydroxylation is 3. The summed E-state index contributed by atoms with van der Waals surface area (Å²) in [7, 11) is 0. The standard InChI is InChI=1S/C20H32N2/c1-15-12-17(8-6-7-9-20(3,4)5)13-16(2)18(15)14-19-21-10-11-22-19/h12-13H,6-11,14H2,1-5H3,(H,21,22). The van der Waals surface area contributed by atoms with E-state index in [4.69, 9.17) is 0 Å². The molecule has 1 heterocycles. The lowest BCUT2D eigenvalue weighted by atomic mass is 9.88. The Kier molecular flexibility index (Phi) is 5.66. The Morgan fingerprint density at radius 3 is 2.32 bits per heavy atom. The molecule has 1 aromatic carbocycles. The van der Waals surface area contributed by atoms with Crippen LogP contribution in [0.4, 0.5) is 0 Å². The number of nitrogens with zero attached hydrogens (tertiary/aromatic N) is 1. The maximum Gasteiger partial charge on any atom is 0.101 e. The molecule has 0 aromatic heterocycles.